The van der Waals surface area contributed by atoms with Crippen LogP contribution in [0, 0.1) is 23.2 Å². The highest BCUT2D eigenvalue weighted by Gasteiger charge is 2.39. The minimum absolute atomic E-state index is 0.199. The average Bonchev–Trinajstić information content (AvgIpc) is 3.38. The van der Waals surface area contributed by atoms with Crippen molar-refractivity contribution in [2.24, 2.45) is 11.3 Å². The third-order valence-electron chi connectivity index (χ3n) is 9.89. The Labute approximate surface area is 255 Å². The molecular formula is C40H39ClO. The molecule has 1 saturated carbocycles. The van der Waals surface area contributed by atoms with Gasteiger partial charge < -0.3 is 4.42 Å². The van der Waals surface area contributed by atoms with Gasteiger partial charge in [-0.15, -0.1) is 0 Å². The SMILES string of the molecule is CC1(C)CC(c2ccc3oc4c(-c5cccc(Cl)c5)cccc4c3c2)CCC1C1=C(C#CC2=CCCCC2)CCC=C1. The Morgan fingerprint density at radius 3 is 2.62 bits per heavy atom. The van der Waals surface area contributed by atoms with E-state index in [9.17, 15) is 0 Å². The van der Waals surface area contributed by atoms with Crippen LogP contribution in [0.25, 0.3) is 33.1 Å². The van der Waals surface area contributed by atoms with Gasteiger partial charge in [0.1, 0.15) is 11.2 Å². The molecule has 212 valence electrons. The second-order valence-corrected chi connectivity index (χ2v) is 13.6. The molecule has 0 radical (unpaired) electrons. The standard InChI is InChI=1S/C40H39ClO/c1-40(2)26-31(20-22-37(40)33-15-7-6-12-28(33)19-18-27-10-4-3-5-11-27)29-21-23-38-36(25-29)35-17-9-16-34(39(35)42-38)30-13-8-14-32(41)24-30/h7-10,13-17,21,23-25,31,37H,3-6,11-12,20,22,26H2,1-2H3. The van der Waals surface area contributed by atoms with Crippen LogP contribution < -0.4 is 0 Å². The summed E-state index contributed by atoms with van der Waals surface area (Å²) in [6.45, 7) is 4.97. The van der Waals surface area contributed by atoms with Crippen LogP contribution in [0.1, 0.15) is 83.1 Å². The summed E-state index contributed by atoms with van der Waals surface area (Å²) < 4.78 is 6.46. The Bertz CT molecular complexity index is 1810. The van der Waals surface area contributed by atoms with Crippen LogP contribution in [-0.4, -0.2) is 0 Å². The average molecular weight is 571 g/mol. The van der Waals surface area contributed by atoms with E-state index in [-0.39, 0.29) is 5.41 Å². The quantitative estimate of drug-likeness (QED) is 0.223. The summed E-state index contributed by atoms with van der Waals surface area (Å²) in [7, 11) is 0. The molecule has 1 heterocycles. The highest BCUT2D eigenvalue weighted by atomic mass is 35.5. The fourth-order valence-electron chi connectivity index (χ4n) is 7.70. The van der Waals surface area contributed by atoms with Gasteiger partial charge in [-0.25, -0.2) is 0 Å². The normalized spacial score (nSPS) is 22.2. The van der Waals surface area contributed by atoms with Crippen molar-refractivity contribution in [1.29, 1.82) is 0 Å². The number of hydrogen-bond donors (Lipinski definition) is 0. The van der Waals surface area contributed by atoms with E-state index in [0.717, 1.165) is 46.6 Å². The lowest BCUT2D eigenvalue weighted by molar-refractivity contribution is 0.150. The van der Waals surface area contributed by atoms with Crippen molar-refractivity contribution in [2.45, 2.75) is 77.6 Å². The lowest BCUT2D eigenvalue weighted by atomic mass is 9.60. The van der Waals surface area contributed by atoms with Gasteiger partial charge in [0.25, 0.3) is 0 Å². The van der Waals surface area contributed by atoms with E-state index in [0.29, 0.717) is 11.8 Å². The second kappa shape index (κ2) is 11.3. The zero-order chi connectivity index (χ0) is 28.7. The Kier molecular flexibility index (Phi) is 7.37. The maximum absolute atomic E-state index is 6.46. The van der Waals surface area contributed by atoms with Crippen LogP contribution >= 0.6 is 11.6 Å². The van der Waals surface area contributed by atoms with E-state index in [1.165, 1.54) is 71.6 Å². The molecule has 0 saturated heterocycles. The third kappa shape index (κ3) is 5.27. The first-order valence-corrected chi connectivity index (χ1v) is 16.2. The summed E-state index contributed by atoms with van der Waals surface area (Å²) in [6.07, 6.45) is 17.9. The largest absolute Gasteiger partial charge is 0.455 e. The fraction of sp³-hybridized carbons (Fsp3) is 0.350. The van der Waals surface area contributed by atoms with Crippen molar-refractivity contribution < 1.29 is 4.42 Å². The summed E-state index contributed by atoms with van der Waals surface area (Å²) in [4.78, 5) is 0. The molecule has 0 bridgehead atoms. The number of benzene rings is 3. The number of allylic oxidation sites excluding steroid dienone is 6. The van der Waals surface area contributed by atoms with Gasteiger partial charge in [0, 0.05) is 26.9 Å². The Morgan fingerprint density at radius 2 is 1.79 bits per heavy atom. The molecule has 1 aromatic heterocycles. The summed E-state index contributed by atoms with van der Waals surface area (Å²) >= 11 is 6.32. The molecular weight excluding hydrogens is 532 g/mol. The number of fused-ring (bicyclic) bond motifs is 3. The van der Waals surface area contributed by atoms with Crippen LogP contribution in [0.4, 0.5) is 0 Å². The molecule has 3 aliphatic carbocycles. The number of halogens is 1. The first-order valence-electron chi connectivity index (χ1n) is 15.8. The molecule has 7 rings (SSSR count). The van der Waals surface area contributed by atoms with E-state index in [1.54, 1.807) is 0 Å². The molecule has 0 amide bonds. The molecule has 0 aliphatic heterocycles. The number of para-hydroxylation sites is 1. The highest BCUT2D eigenvalue weighted by molar-refractivity contribution is 6.31. The first-order chi connectivity index (χ1) is 20.5. The second-order valence-electron chi connectivity index (χ2n) is 13.2. The minimum atomic E-state index is 0.199. The number of hydrogen-bond acceptors (Lipinski definition) is 1. The first kappa shape index (κ1) is 27.4. The highest BCUT2D eigenvalue weighted by Crippen LogP contribution is 2.52. The summed E-state index contributed by atoms with van der Waals surface area (Å²) in [6, 6.07) is 21.4. The van der Waals surface area contributed by atoms with Crippen molar-refractivity contribution in [1.82, 2.24) is 0 Å². The van der Waals surface area contributed by atoms with Crippen molar-refractivity contribution in [3.05, 3.63) is 106 Å². The van der Waals surface area contributed by atoms with Crippen LogP contribution in [-0.2, 0) is 0 Å². The summed E-state index contributed by atoms with van der Waals surface area (Å²) in [5, 5.41) is 3.12. The topological polar surface area (TPSA) is 13.1 Å². The van der Waals surface area contributed by atoms with Gasteiger partial charge in [0.15, 0.2) is 0 Å². The molecule has 0 N–H and O–H groups in total. The van der Waals surface area contributed by atoms with Crippen LogP contribution in [0.5, 0.6) is 0 Å². The van der Waals surface area contributed by atoms with E-state index < -0.39 is 0 Å². The lowest BCUT2D eigenvalue weighted by Gasteiger charge is -2.44. The van der Waals surface area contributed by atoms with Gasteiger partial charge in [-0.05, 0) is 122 Å². The molecule has 1 fully saturated rings. The molecule has 42 heavy (non-hydrogen) atoms. The van der Waals surface area contributed by atoms with E-state index in [4.69, 9.17) is 16.0 Å². The van der Waals surface area contributed by atoms with Crippen LogP contribution in [0.15, 0.2) is 100 Å². The molecule has 0 spiro atoms. The molecule has 3 aliphatic rings. The number of furan rings is 1. The lowest BCUT2D eigenvalue weighted by Crippen LogP contribution is -2.33. The zero-order valence-electron chi connectivity index (χ0n) is 24.8. The minimum Gasteiger partial charge on any atom is -0.455 e. The van der Waals surface area contributed by atoms with Gasteiger partial charge in [0.2, 0.25) is 0 Å². The van der Waals surface area contributed by atoms with Gasteiger partial charge in [-0.3, -0.25) is 0 Å². The molecule has 3 aromatic carbocycles. The summed E-state index contributed by atoms with van der Waals surface area (Å²) in [5.74, 6) is 8.33. The van der Waals surface area contributed by atoms with Crippen molar-refractivity contribution in [2.75, 3.05) is 0 Å². The molecule has 2 atom stereocenters. The Morgan fingerprint density at radius 1 is 0.881 bits per heavy atom. The van der Waals surface area contributed by atoms with Gasteiger partial charge in [-0.2, -0.15) is 0 Å². The van der Waals surface area contributed by atoms with E-state index >= 15 is 0 Å². The fourth-order valence-corrected chi connectivity index (χ4v) is 7.89. The zero-order valence-corrected chi connectivity index (χ0v) is 25.6. The molecule has 4 aromatic rings. The van der Waals surface area contributed by atoms with Crippen LogP contribution in [0.2, 0.25) is 5.02 Å². The monoisotopic (exact) mass is 570 g/mol. The number of rotatable bonds is 3. The van der Waals surface area contributed by atoms with Gasteiger partial charge in [-0.1, -0.05) is 91.9 Å². The Hall–Kier alpha value is -3.47. The Balaban J connectivity index is 1.18. The molecule has 2 unspecified atom stereocenters. The van der Waals surface area contributed by atoms with Crippen molar-refractivity contribution >= 4 is 33.5 Å². The van der Waals surface area contributed by atoms with Crippen molar-refractivity contribution in [3.63, 3.8) is 0 Å². The third-order valence-corrected chi connectivity index (χ3v) is 10.1. The molecule has 1 nitrogen and oxygen atoms in total. The maximum Gasteiger partial charge on any atom is 0.143 e. The summed E-state index contributed by atoms with van der Waals surface area (Å²) in [5.41, 5.74) is 9.94. The smallest absolute Gasteiger partial charge is 0.143 e. The van der Waals surface area contributed by atoms with Crippen molar-refractivity contribution in [3.8, 4) is 23.0 Å². The van der Waals surface area contributed by atoms with Gasteiger partial charge in [0.05, 0.1) is 0 Å². The van der Waals surface area contributed by atoms with Gasteiger partial charge >= 0.3 is 0 Å². The maximum atomic E-state index is 6.46. The predicted molar refractivity (Wildman–Crippen MR) is 178 cm³/mol. The predicted octanol–water partition coefficient (Wildman–Crippen LogP) is 12.0. The van der Waals surface area contributed by atoms with E-state index in [2.05, 4.69) is 86.4 Å². The van der Waals surface area contributed by atoms with Crippen LogP contribution in [0.3, 0.4) is 0 Å². The molecule has 2 heteroatoms. The van der Waals surface area contributed by atoms with E-state index in [1.807, 2.05) is 18.2 Å².